The second-order valence-corrected chi connectivity index (χ2v) is 9.68. The van der Waals surface area contributed by atoms with Crippen LogP contribution in [0, 0.1) is 20.2 Å². The lowest BCUT2D eigenvalue weighted by atomic mass is 10.1. The lowest BCUT2D eigenvalue weighted by Crippen LogP contribution is -2.11. The third kappa shape index (κ3) is 4.72. The molecule has 0 aromatic heterocycles. The van der Waals surface area contributed by atoms with Crippen LogP contribution in [0.3, 0.4) is 0 Å². The van der Waals surface area contributed by atoms with Crippen molar-refractivity contribution in [2.45, 2.75) is 9.79 Å². The molecule has 3 aromatic rings. The summed E-state index contributed by atoms with van der Waals surface area (Å²) in [5.74, 6) is -0.330. The summed E-state index contributed by atoms with van der Waals surface area (Å²) in [4.78, 5) is 33.3. The van der Waals surface area contributed by atoms with Gasteiger partial charge in [0.1, 0.15) is 4.90 Å². The fourth-order valence-corrected chi connectivity index (χ4v) is 5.27. The van der Waals surface area contributed by atoms with Gasteiger partial charge >= 0.3 is 21.5 Å². The highest BCUT2D eigenvalue weighted by atomic mass is 32.2. The number of Topliss-reactive ketones (excluding diaryl/α,β-unsaturated/α-hetero) is 1. The van der Waals surface area contributed by atoms with E-state index in [-0.39, 0.29) is 17.3 Å². The number of nitro benzene ring substituents is 2. The largest absolute Gasteiger partial charge is 0.493 e. The molecule has 0 atom stereocenters. The summed E-state index contributed by atoms with van der Waals surface area (Å²) in [7, 11) is -3.32. The van der Waals surface area contributed by atoms with Crippen LogP contribution < -0.4 is 8.92 Å². The SMILES string of the molecule is COc1cc(/C=C2\Sc3ccccc3C2=O)ccc1OS(=O)(=O)c1ccc([N+](=O)[O-])c([N+](=O)[O-])c1. The highest BCUT2D eigenvalue weighted by Gasteiger charge is 2.29. The van der Waals surface area contributed by atoms with E-state index in [9.17, 15) is 33.4 Å². The van der Waals surface area contributed by atoms with Gasteiger partial charge in [-0.1, -0.05) is 30.0 Å². The van der Waals surface area contributed by atoms with E-state index in [2.05, 4.69) is 0 Å². The topological polar surface area (TPSA) is 156 Å². The fourth-order valence-electron chi connectivity index (χ4n) is 3.26. The number of ether oxygens (including phenoxy) is 1. The van der Waals surface area contributed by atoms with Crippen LogP contribution in [0.1, 0.15) is 15.9 Å². The first-order chi connectivity index (χ1) is 16.6. The normalized spacial score (nSPS) is 14.0. The Morgan fingerprint density at radius 1 is 0.914 bits per heavy atom. The number of carbonyl (C=O) groups is 1. The van der Waals surface area contributed by atoms with Crippen LogP contribution in [0.25, 0.3) is 6.08 Å². The first-order valence-electron chi connectivity index (χ1n) is 9.69. The van der Waals surface area contributed by atoms with Gasteiger partial charge in [-0.2, -0.15) is 8.42 Å². The maximum absolute atomic E-state index is 12.7. The predicted molar refractivity (Wildman–Crippen MR) is 125 cm³/mol. The quantitative estimate of drug-likeness (QED) is 0.189. The van der Waals surface area contributed by atoms with Gasteiger partial charge in [-0.3, -0.25) is 25.0 Å². The van der Waals surface area contributed by atoms with Gasteiger partial charge in [0.05, 0.1) is 21.9 Å². The molecule has 0 fully saturated rings. The standard InChI is InChI=1S/C22H14N2O9S2/c1-32-19-10-13(11-21-22(25)15-4-2-3-5-20(15)34-21)6-9-18(19)33-35(30,31)14-7-8-16(23(26)27)17(12-14)24(28)29/h2-12H,1H3/b21-11-. The average molecular weight is 514 g/mol. The molecule has 0 unspecified atom stereocenters. The van der Waals surface area contributed by atoms with Crippen molar-refractivity contribution in [1.82, 2.24) is 0 Å². The van der Waals surface area contributed by atoms with Crippen molar-refractivity contribution in [2.75, 3.05) is 7.11 Å². The number of carbonyl (C=O) groups excluding carboxylic acids is 1. The molecule has 0 N–H and O–H groups in total. The van der Waals surface area contributed by atoms with E-state index in [1.54, 1.807) is 18.2 Å². The third-order valence-corrected chi connectivity index (χ3v) is 7.22. The van der Waals surface area contributed by atoms with E-state index in [1.165, 1.54) is 37.1 Å². The number of methoxy groups -OCH3 is 1. The molecule has 1 aliphatic rings. The lowest BCUT2D eigenvalue weighted by Gasteiger charge is -2.11. The molecule has 13 heteroatoms. The molecular weight excluding hydrogens is 500 g/mol. The summed E-state index contributed by atoms with van der Waals surface area (Å²) in [6.07, 6.45) is 1.63. The summed E-state index contributed by atoms with van der Waals surface area (Å²) in [5.41, 5.74) is -0.709. The van der Waals surface area contributed by atoms with E-state index < -0.39 is 36.2 Å². The summed E-state index contributed by atoms with van der Waals surface area (Å²) < 4.78 is 35.8. The number of nitro groups is 2. The Morgan fingerprint density at radius 3 is 2.29 bits per heavy atom. The summed E-state index contributed by atoms with van der Waals surface area (Å²) >= 11 is 1.31. The van der Waals surface area contributed by atoms with Gasteiger partial charge in [0, 0.05) is 22.6 Å². The van der Waals surface area contributed by atoms with Gasteiger partial charge in [0.15, 0.2) is 11.5 Å². The fraction of sp³-hybridized carbons (Fsp3) is 0.0455. The van der Waals surface area contributed by atoms with Crippen LogP contribution in [-0.4, -0.2) is 31.2 Å². The minimum atomic E-state index is -4.61. The van der Waals surface area contributed by atoms with Crippen molar-refractivity contribution in [3.63, 3.8) is 0 Å². The Kier molecular flexibility index (Phi) is 6.28. The van der Waals surface area contributed by atoms with Crippen LogP contribution in [0.15, 0.2) is 75.4 Å². The zero-order valence-electron chi connectivity index (χ0n) is 17.7. The van der Waals surface area contributed by atoms with E-state index in [0.717, 1.165) is 17.0 Å². The van der Waals surface area contributed by atoms with Gasteiger partial charge < -0.3 is 8.92 Å². The maximum Gasteiger partial charge on any atom is 0.347 e. The highest BCUT2D eigenvalue weighted by Crippen LogP contribution is 2.41. The molecular formula is C22H14N2O9S2. The number of hydrogen-bond donors (Lipinski definition) is 0. The van der Waals surface area contributed by atoms with Crippen LogP contribution in [0.4, 0.5) is 11.4 Å². The second kappa shape index (κ2) is 9.19. The summed E-state index contributed by atoms with van der Waals surface area (Å²) in [5, 5.41) is 22.1. The molecule has 1 heterocycles. The Labute approximate surface area is 202 Å². The number of thioether (sulfide) groups is 1. The van der Waals surface area contributed by atoms with Crippen LogP contribution in [-0.2, 0) is 10.1 Å². The average Bonchev–Trinajstić information content (AvgIpc) is 3.14. The first-order valence-corrected chi connectivity index (χ1v) is 11.9. The van der Waals surface area contributed by atoms with Gasteiger partial charge in [-0.15, -0.1) is 0 Å². The molecule has 1 aliphatic heterocycles. The molecule has 4 rings (SSSR count). The number of nitrogens with zero attached hydrogens (tertiary/aromatic N) is 2. The zero-order valence-corrected chi connectivity index (χ0v) is 19.4. The number of fused-ring (bicyclic) bond motifs is 1. The minimum absolute atomic E-state index is 0.0206. The van der Waals surface area contributed by atoms with Crippen LogP contribution in [0.5, 0.6) is 11.5 Å². The number of rotatable bonds is 7. The van der Waals surface area contributed by atoms with Gasteiger partial charge in [-0.25, -0.2) is 0 Å². The smallest absolute Gasteiger partial charge is 0.347 e. The maximum atomic E-state index is 12.7. The van der Waals surface area contributed by atoms with Gasteiger partial charge in [0.25, 0.3) is 0 Å². The van der Waals surface area contributed by atoms with Crippen molar-refractivity contribution < 1.29 is 32.0 Å². The molecule has 0 bridgehead atoms. The monoisotopic (exact) mass is 514 g/mol. The third-order valence-electron chi connectivity index (χ3n) is 4.89. The number of allylic oxidation sites excluding steroid dienone is 1. The molecule has 0 amide bonds. The second-order valence-electron chi connectivity index (χ2n) is 7.05. The molecule has 3 aromatic carbocycles. The molecule has 178 valence electrons. The Balaban J connectivity index is 1.63. The minimum Gasteiger partial charge on any atom is -0.493 e. The van der Waals surface area contributed by atoms with Crippen LogP contribution >= 0.6 is 11.8 Å². The molecule has 0 saturated heterocycles. The molecule has 0 saturated carbocycles. The highest BCUT2D eigenvalue weighted by molar-refractivity contribution is 8.04. The van der Waals surface area contributed by atoms with Crippen molar-refractivity contribution in [1.29, 1.82) is 0 Å². The van der Waals surface area contributed by atoms with E-state index in [0.29, 0.717) is 22.1 Å². The van der Waals surface area contributed by atoms with Crippen LogP contribution in [0.2, 0.25) is 0 Å². The lowest BCUT2D eigenvalue weighted by molar-refractivity contribution is -0.422. The van der Waals surface area contributed by atoms with Crippen molar-refractivity contribution in [3.05, 3.63) is 96.9 Å². The van der Waals surface area contributed by atoms with E-state index >= 15 is 0 Å². The van der Waals surface area contributed by atoms with E-state index in [4.69, 9.17) is 8.92 Å². The molecule has 0 spiro atoms. The summed E-state index contributed by atoms with van der Waals surface area (Å²) in [6.45, 7) is 0. The van der Waals surface area contributed by atoms with Gasteiger partial charge in [-0.05, 0) is 42.0 Å². The number of benzene rings is 3. The Bertz CT molecular complexity index is 1530. The number of hydrogen-bond acceptors (Lipinski definition) is 10. The Hall–Kier alpha value is -4.23. The first kappa shape index (κ1) is 23.9. The zero-order chi connectivity index (χ0) is 25.3. The van der Waals surface area contributed by atoms with Gasteiger partial charge in [0.2, 0.25) is 5.78 Å². The van der Waals surface area contributed by atoms with Crippen molar-refractivity contribution >= 4 is 45.1 Å². The van der Waals surface area contributed by atoms with Crippen molar-refractivity contribution in [3.8, 4) is 11.5 Å². The number of ketones is 1. The Morgan fingerprint density at radius 2 is 1.63 bits per heavy atom. The molecule has 11 nitrogen and oxygen atoms in total. The molecule has 0 radical (unpaired) electrons. The van der Waals surface area contributed by atoms with Crippen molar-refractivity contribution in [2.24, 2.45) is 0 Å². The molecule has 35 heavy (non-hydrogen) atoms. The molecule has 0 aliphatic carbocycles. The predicted octanol–water partition coefficient (Wildman–Crippen LogP) is 4.61. The summed E-state index contributed by atoms with van der Waals surface area (Å²) in [6, 6.07) is 13.6. The van der Waals surface area contributed by atoms with E-state index in [1.807, 2.05) is 12.1 Å².